The largest absolute Gasteiger partial charge is 0.463 e. The van der Waals surface area contributed by atoms with Gasteiger partial charge in [-0.2, -0.15) is 0 Å². The van der Waals surface area contributed by atoms with Crippen molar-refractivity contribution in [2.45, 2.75) is 310 Å². The second-order valence-electron chi connectivity index (χ2n) is 26.1. The zero-order valence-electron chi connectivity index (χ0n) is 65.1. The van der Waals surface area contributed by atoms with Crippen molar-refractivity contribution in [3.05, 3.63) is 0 Å². The number of rotatable bonds is 37. The quantitative estimate of drug-likeness (QED) is 0.0467. The molecule has 0 N–H and O–H groups in total. The Bertz CT molecular complexity index is 3260. The summed E-state index contributed by atoms with van der Waals surface area (Å²) in [6.45, 7) is 12.4. The van der Waals surface area contributed by atoms with E-state index in [-0.39, 0.29) is 6.61 Å². The Kier molecular flexibility index (Phi) is 37.8. The minimum atomic E-state index is -2.43. The summed E-state index contributed by atoms with van der Waals surface area (Å²) in [5.41, 5.74) is 0. The molecule has 0 aliphatic carbocycles. The standard InChI is InChI=1S/C70H100O42/c1-18-19-20-21-22-23-24-87-66-61(56(98-40(12)81)51(93-35(7)76)46(104-66)25-88-30(2)71)112-70-65(103-45(17)86)60(55(97-39(11)80)50(108-70)29-92-34(6)75)111-69-64(102-44(16)85)59(54(96-38(10)79)49(107-69)28-91-33(5)74)110-68-63(101-43(15)84)58(53(95-37(9)78)48(106-68)27-90-32(4)73)109-67-62(100-42(14)83)57(99-41(13)82)52(94-36(8)77)47(105-67)26-89-31(3)72/h46-70H,18-29H2,1-17H3/t46-,47-,48-,49-,50-,51-,52-,53-,54-,55-,56+,57+,58+,59+,60+,61+,62+,63+,64+,65+,66+,67-,68-,69-,70-/m1/s1. The highest BCUT2D eigenvalue weighted by molar-refractivity contribution is 5.72. The fourth-order valence-corrected chi connectivity index (χ4v) is 12.5. The molecular weight excluding hydrogens is 1510 g/mol. The maximum absolute atomic E-state index is 13.9. The SMILES string of the molecule is CCCCCCCCO[C@H]1O[C@H](COC(C)=O)[C@@H](OC(C)=O)[C@H](OC(C)=O)[C@@H]1O[C@H]1O[C@H](COC(C)=O)[C@@H](OC(C)=O)[C@H](O[C@H]2O[C@H](COC(C)=O)[C@@H](OC(C)=O)[C@H](O[C@H]3O[C@H](COC(C)=O)[C@@H](OC(C)=O)[C@H](O[C@H]4O[C@H](COC(C)=O)[C@@H](OC(C)=O)[C@H](OC(C)=O)[C@@H]4OC(C)=O)[C@@H]3OC(C)=O)[C@@H]2OC(C)=O)[C@@H]1OC(C)=O. The topological polar surface area (TPSA) is 513 Å². The molecule has 5 aliphatic rings. The fraction of sp³-hybridized carbons (Fsp3) is 0.771. The summed E-state index contributed by atoms with van der Waals surface area (Å²) in [7, 11) is 0. The highest BCUT2D eigenvalue weighted by atomic mass is 16.8. The van der Waals surface area contributed by atoms with Crippen LogP contribution in [0.3, 0.4) is 0 Å². The lowest BCUT2D eigenvalue weighted by Gasteiger charge is -2.51. The van der Waals surface area contributed by atoms with Crippen molar-refractivity contribution in [1.82, 2.24) is 0 Å². The van der Waals surface area contributed by atoms with Crippen LogP contribution in [-0.4, -0.2) is 289 Å². The average molecular weight is 1610 g/mol. The molecule has 5 aliphatic heterocycles. The van der Waals surface area contributed by atoms with Crippen molar-refractivity contribution in [1.29, 1.82) is 0 Å². The molecular formula is C70H100O42. The predicted molar refractivity (Wildman–Crippen MR) is 356 cm³/mol. The van der Waals surface area contributed by atoms with Crippen LogP contribution in [0, 0.1) is 0 Å². The van der Waals surface area contributed by atoms with E-state index in [0.29, 0.717) is 12.8 Å². The Morgan fingerprint density at radius 1 is 0.205 bits per heavy atom. The first kappa shape index (κ1) is 93.7. The first-order chi connectivity index (χ1) is 52.7. The van der Waals surface area contributed by atoms with Crippen LogP contribution in [0.1, 0.15) is 156 Å². The van der Waals surface area contributed by atoms with Gasteiger partial charge in [0.2, 0.25) is 0 Å². The average Bonchev–Trinajstić information content (AvgIpc) is 0.758. The van der Waals surface area contributed by atoms with Gasteiger partial charge in [0.1, 0.15) is 81.9 Å². The Balaban J connectivity index is 1.86. The van der Waals surface area contributed by atoms with Crippen LogP contribution in [0.25, 0.3) is 0 Å². The normalized spacial score (nSPS) is 31.5. The lowest BCUT2D eigenvalue weighted by atomic mass is 9.94. The molecule has 0 unspecified atom stereocenters. The number of ether oxygens (including phenoxy) is 26. The lowest BCUT2D eigenvalue weighted by Crippen LogP contribution is -2.70. The van der Waals surface area contributed by atoms with Crippen molar-refractivity contribution in [3.63, 3.8) is 0 Å². The molecule has 0 aromatic carbocycles. The monoisotopic (exact) mass is 1610 g/mol. The van der Waals surface area contributed by atoms with Crippen LogP contribution in [0.4, 0.5) is 0 Å². The summed E-state index contributed by atoms with van der Waals surface area (Å²) >= 11 is 0. The summed E-state index contributed by atoms with van der Waals surface area (Å²) in [4.78, 5) is 211. The van der Waals surface area contributed by atoms with Crippen molar-refractivity contribution in [2.24, 2.45) is 0 Å². The molecule has 0 bridgehead atoms. The van der Waals surface area contributed by atoms with E-state index in [9.17, 15) is 76.7 Å². The summed E-state index contributed by atoms with van der Waals surface area (Å²) in [5, 5.41) is 0. The van der Waals surface area contributed by atoms with Crippen molar-refractivity contribution >= 4 is 95.5 Å². The van der Waals surface area contributed by atoms with Gasteiger partial charge in [0.25, 0.3) is 0 Å². The van der Waals surface area contributed by atoms with Gasteiger partial charge in [0, 0.05) is 117 Å². The van der Waals surface area contributed by atoms with E-state index in [4.69, 9.17) is 123 Å². The van der Waals surface area contributed by atoms with E-state index in [0.717, 1.165) is 136 Å². The smallest absolute Gasteiger partial charge is 0.303 e. The van der Waals surface area contributed by atoms with Crippen LogP contribution in [0.15, 0.2) is 0 Å². The number of hydrogen-bond acceptors (Lipinski definition) is 42. The molecule has 0 saturated carbocycles. The zero-order valence-corrected chi connectivity index (χ0v) is 65.1. The third kappa shape index (κ3) is 29.6. The van der Waals surface area contributed by atoms with Crippen molar-refractivity contribution < 1.29 is 200 Å². The highest BCUT2D eigenvalue weighted by Gasteiger charge is 2.63. The molecule has 5 rings (SSSR count). The second kappa shape index (κ2) is 45.1. The predicted octanol–water partition coefficient (Wildman–Crippen LogP) is 0.593. The maximum Gasteiger partial charge on any atom is 0.303 e. The molecule has 632 valence electrons. The first-order valence-corrected chi connectivity index (χ1v) is 35.8. The van der Waals surface area contributed by atoms with E-state index in [1.807, 2.05) is 6.92 Å². The van der Waals surface area contributed by atoms with Crippen LogP contribution in [0.2, 0.25) is 0 Å². The van der Waals surface area contributed by atoms with Gasteiger partial charge in [-0.15, -0.1) is 0 Å². The van der Waals surface area contributed by atoms with Crippen LogP contribution in [0.5, 0.6) is 0 Å². The molecule has 5 saturated heterocycles. The Morgan fingerprint density at radius 3 is 0.634 bits per heavy atom. The third-order valence-electron chi connectivity index (χ3n) is 16.5. The molecule has 0 aromatic heterocycles. The van der Waals surface area contributed by atoms with E-state index in [1.165, 1.54) is 0 Å². The number of carbonyl (C=O) groups excluding carboxylic acids is 16. The molecule has 112 heavy (non-hydrogen) atoms. The summed E-state index contributed by atoms with van der Waals surface area (Å²) in [6.07, 6.45) is -46.9. The molecule has 42 heteroatoms. The summed E-state index contributed by atoms with van der Waals surface area (Å²) in [6, 6.07) is 0. The van der Waals surface area contributed by atoms with Crippen molar-refractivity contribution in [2.75, 3.05) is 39.6 Å². The number of esters is 16. The van der Waals surface area contributed by atoms with Crippen molar-refractivity contribution in [3.8, 4) is 0 Å². The Morgan fingerprint density at radius 2 is 0.393 bits per heavy atom. The number of unbranched alkanes of at least 4 members (excludes halogenated alkanes) is 5. The summed E-state index contributed by atoms with van der Waals surface area (Å²) < 4.78 is 156. The number of carbonyl (C=O) groups is 16. The molecule has 0 amide bonds. The summed E-state index contributed by atoms with van der Waals surface area (Å²) in [5.74, 6) is -17.3. The van der Waals surface area contributed by atoms with E-state index < -0.39 is 282 Å². The van der Waals surface area contributed by atoms with Gasteiger partial charge in [0.15, 0.2) is 105 Å². The lowest BCUT2D eigenvalue weighted by molar-refractivity contribution is -0.397. The Hall–Kier alpha value is -8.88. The van der Waals surface area contributed by atoms with Gasteiger partial charge >= 0.3 is 95.5 Å². The van der Waals surface area contributed by atoms with Crippen LogP contribution >= 0.6 is 0 Å². The van der Waals surface area contributed by atoms with Gasteiger partial charge in [-0.1, -0.05) is 39.0 Å². The zero-order chi connectivity index (χ0) is 83.5. The van der Waals surface area contributed by atoms with Gasteiger partial charge in [0.05, 0.1) is 0 Å². The highest BCUT2D eigenvalue weighted by Crippen LogP contribution is 2.42. The molecule has 0 spiro atoms. The van der Waals surface area contributed by atoms with Gasteiger partial charge in [-0.25, -0.2) is 0 Å². The Labute approximate surface area is 642 Å². The van der Waals surface area contributed by atoms with Gasteiger partial charge in [-0.3, -0.25) is 76.7 Å². The molecule has 0 aromatic rings. The minimum absolute atomic E-state index is 0.109. The van der Waals surface area contributed by atoms with Crippen LogP contribution in [-0.2, 0) is 200 Å². The van der Waals surface area contributed by atoms with Gasteiger partial charge < -0.3 is 123 Å². The molecule has 0 radical (unpaired) electrons. The van der Waals surface area contributed by atoms with Crippen LogP contribution < -0.4 is 0 Å². The van der Waals surface area contributed by atoms with Gasteiger partial charge in [-0.05, 0) is 6.42 Å². The van der Waals surface area contributed by atoms with E-state index >= 15 is 0 Å². The number of hydrogen-bond donors (Lipinski definition) is 0. The molecule has 25 atom stereocenters. The molecule has 42 nitrogen and oxygen atoms in total. The molecule has 5 fully saturated rings. The third-order valence-corrected chi connectivity index (χ3v) is 16.5. The van der Waals surface area contributed by atoms with E-state index in [2.05, 4.69) is 0 Å². The minimum Gasteiger partial charge on any atom is -0.463 e. The second-order valence-corrected chi connectivity index (χ2v) is 26.1. The maximum atomic E-state index is 13.9. The first-order valence-electron chi connectivity index (χ1n) is 35.8. The molecule has 5 heterocycles. The fourth-order valence-electron chi connectivity index (χ4n) is 12.5. The van der Waals surface area contributed by atoms with E-state index in [1.54, 1.807) is 0 Å².